The number of hydrogen-bond donors (Lipinski definition) is 2. The highest BCUT2D eigenvalue weighted by molar-refractivity contribution is 5.71. The van der Waals surface area contributed by atoms with E-state index in [1.165, 1.54) is 7.11 Å². The summed E-state index contributed by atoms with van der Waals surface area (Å²) in [4.78, 5) is 10.9. The molecule has 0 bridgehead atoms. The second-order valence-corrected chi connectivity index (χ2v) is 2.93. The largest absolute Gasteiger partial charge is 0.469 e. The van der Waals surface area contributed by atoms with Gasteiger partial charge in [-0.1, -0.05) is 6.92 Å². The van der Waals surface area contributed by atoms with E-state index in [0.29, 0.717) is 13.1 Å². The highest BCUT2D eigenvalue weighted by Gasteiger charge is 2.11. The van der Waals surface area contributed by atoms with Crippen molar-refractivity contribution >= 4 is 5.97 Å². The van der Waals surface area contributed by atoms with Crippen LogP contribution in [0, 0.1) is 5.92 Å². The molecule has 4 heteroatoms. The molecule has 2 atom stereocenters. The number of rotatable bonds is 5. The number of carbonyl (C=O) groups excluding carboxylic acids is 1. The SMILES string of the molecule is COC(=O)C(C)CNCC(C)O. The van der Waals surface area contributed by atoms with E-state index in [9.17, 15) is 4.79 Å². The van der Waals surface area contributed by atoms with Crippen LogP contribution in [-0.4, -0.2) is 37.4 Å². The molecule has 0 heterocycles. The fourth-order valence-electron chi connectivity index (χ4n) is 0.793. The molecule has 0 aliphatic heterocycles. The van der Waals surface area contributed by atoms with Crippen LogP contribution in [0.3, 0.4) is 0 Å². The number of esters is 1. The number of carbonyl (C=O) groups is 1. The highest BCUT2D eigenvalue weighted by Crippen LogP contribution is 1.94. The molecule has 0 fully saturated rings. The monoisotopic (exact) mass is 175 g/mol. The minimum absolute atomic E-state index is 0.159. The lowest BCUT2D eigenvalue weighted by molar-refractivity contribution is -0.144. The molecule has 2 unspecified atom stereocenters. The highest BCUT2D eigenvalue weighted by atomic mass is 16.5. The Balaban J connectivity index is 3.43. The lowest BCUT2D eigenvalue weighted by Crippen LogP contribution is -2.31. The number of nitrogens with one attached hydrogen (secondary N) is 1. The van der Waals surface area contributed by atoms with Gasteiger partial charge in [-0.05, 0) is 6.92 Å². The Morgan fingerprint density at radius 1 is 1.50 bits per heavy atom. The maximum absolute atomic E-state index is 10.9. The maximum atomic E-state index is 10.9. The standard InChI is InChI=1S/C8H17NO3/c1-6(8(11)12-3)4-9-5-7(2)10/h6-7,9-10H,4-5H2,1-3H3. The van der Waals surface area contributed by atoms with Crippen molar-refractivity contribution in [1.29, 1.82) is 0 Å². The second-order valence-electron chi connectivity index (χ2n) is 2.93. The second kappa shape index (κ2) is 5.97. The number of hydrogen-bond acceptors (Lipinski definition) is 4. The third-order valence-corrected chi connectivity index (χ3v) is 1.49. The first kappa shape index (κ1) is 11.4. The van der Waals surface area contributed by atoms with E-state index in [4.69, 9.17) is 5.11 Å². The van der Waals surface area contributed by atoms with E-state index in [1.807, 2.05) is 0 Å². The zero-order chi connectivity index (χ0) is 9.56. The predicted octanol–water partition coefficient (Wildman–Crippen LogP) is -0.234. The molecule has 4 nitrogen and oxygen atoms in total. The van der Waals surface area contributed by atoms with Crippen molar-refractivity contribution in [2.75, 3.05) is 20.2 Å². The van der Waals surface area contributed by atoms with Crippen LogP contribution in [0.25, 0.3) is 0 Å². The topological polar surface area (TPSA) is 58.6 Å². The number of aliphatic hydroxyl groups is 1. The molecule has 72 valence electrons. The molecular formula is C8H17NO3. The number of aliphatic hydroxyl groups excluding tert-OH is 1. The summed E-state index contributed by atoms with van der Waals surface area (Å²) in [6.07, 6.45) is -0.380. The minimum atomic E-state index is -0.380. The zero-order valence-corrected chi connectivity index (χ0v) is 7.83. The fourth-order valence-corrected chi connectivity index (χ4v) is 0.793. The van der Waals surface area contributed by atoms with Crippen molar-refractivity contribution < 1.29 is 14.6 Å². The van der Waals surface area contributed by atoms with Crippen LogP contribution in [-0.2, 0) is 9.53 Å². The molecule has 0 saturated heterocycles. The average molecular weight is 175 g/mol. The Kier molecular flexibility index (Phi) is 5.66. The van der Waals surface area contributed by atoms with Gasteiger partial charge >= 0.3 is 5.97 Å². The van der Waals surface area contributed by atoms with Crippen molar-refractivity contribution in [3.8, 4) is 0 Å². The van der Waals surface area contributed by atoms with Gasteiger partial charge in [-0.15, -0.1) is 0 Å². The summed E-state index contributed by atoms with van der Waals surface area (Å²) in [7, 11) is 1.37. The van der Waals surface area contributed by atoms with Gasteiger partial charge in [0.25, 0.3) is 0 Å². The van der Waals surface area contributed by atoms with E-state index >= 15 is 0 Å². The average Bonchev–Trinajstić information content (AvgIpc) is 2.02. The normalized spacial score (nSPS) is 15.3. The molecule has 0 aromatic carbocycles. The summed E-state index contributed by atoms with van der Waals surface area (Å²) in [5.74, 6) is -0.387. The Hall–Kier alpha value is -0.610. The number of methoxy groups -OCH3 is 1. The number of ether oxygens (including phenoxy) is 1. The molecule has 0 aliphatic carbocycles. The van der Waals surface area contributed by atoms with Crippen LogP contribution in [0.15, 0.2) is 0 Å². The third-order valence-electron chi connectivity index (χ3n) is 1.49. The van der Waals surface area contributed by atoms with E-state index in [0.717, 1.165) is 0 Å². The van der Waals surface area contributed by atoms with E-state index in [1.54, 1.807) is 13.8 Å². The minimum Gasteiger partial charge on any atom is -0.469 e. The zero-order valence-electron chi connectivity index (χ0n) is 7.83. The summed E-state index contributed by atoms with van der Waals surface area (Å²) < 4.78 is 4.53. The van der Waals surface area contributed by atoms with Crippen LogP contribution in [0.2, 0.25) is 0 Å². The van der Waals surface area contributed by atoms with Crippen LogP contribution < -0.4 is 5.32 Å². The molecule has 0 spiro atoms. The van der Waals surface area contributed by atoms with Gasteiger partial charge in [-0.3, -0.25) is 4.79 Å². The smallest absolute Gasteiger partial charge is 0.309 e. The summed E-state index contributed by atoms with van der Waals surface area (Å²) in [5.41, 5.74) is 0. The van der Waals surface area contributed by atoms with Gasteiger partial charge in [0.15, 0.2) is 0 Å². The van der Waals surface area contributed by atoms with Gasteiger partial charge in [0.1, 0.15) is 0 Å². The molecule has 12 heavy (non-hydrogen) atoms. The summed E-state index contributed by atoms with van der Waals surface area (Å²) in [5, 5.41) is 11.8. The molecule has 0 rings (SSSR count). The van der Waals surface area contributed by atoms with Crippen molar-refractivity contribution in [2.45, 2.75) is 20.0 Å². The van der Waals surface area contributed by atoms with Gasteiger partial charge in [-0.25, -0.2) is 0 Å². The van der Waals surface area contributed by atoms with Gasteiger partial charge in [0.05, 0.1) is 19.1 Å². The van der Waals surface area contributed by atoms with Crippen molar-refractivity contribution in [3.63, 3.8) is 0 Å². The summed E-state index contributed by atoms with van der Waals surface area (Å²) in [6.45, 7) is 4.51. The lowest BCUT2D eigenvalue weighted by Gasteiger charge is -2.11. The predicted molar refractivity (Wildman–Crippen MR) is 45.7 cm³/mol. The Morgan fingerprint density at radius 3 is 2.50 bits per heavy atom. The third kappa shape index (κ3) is 5.09. The molecule has 0 aliphatic rings. The van der Waals surface area contributed by atoms with Crippen molar-refractivity contribution in [2.24, 2.45) is 5.92 Å². The van der Waals surface area contributed by atoms with Crippen LogP contribution in [0.4, 0.5) is 0 Å². The lowest BCUT2D eigenvalue weighted by atomic mass is 10.2. The molecule has 0 aromatic rings. The molecule has 0 amide bonds. The van der Waals surface area contributed by atoms with Crippen LogP contribution >= 0.6 is 0 Å². The van der Waals surface area contributed by atoms with Gasteiger partial charge in [0, 0.05) is 13.1 Å². The molecule has 0 saturated carbocycles. The van der Waals surface area contributed by atoms with E-state index < -0.39 is 0 Å². The molecule has 0 aromatic heterocycles. The Morgan fingerprint density at radius 2 is 2.08 bits per heavy atom. The van der Waals surface area contributed by atoms with E-state index in [2.05, 4.69) is 10.1 Å². The molecule has 2 N–H and O–H groups in total. The van der Waals surface area contributed by atoms with Crippen molar-refractivity contribution in [1.82, 2.24) is 5.32 Å². The van der Waals surface area contributed by atoms with Crippen molar-refractivity contribution in [3.05, 3.63) is 0 Å². The Labute approximate surface area is 72.9 Å². The van der Waals surface area contributed by atoms with Crippen LogP contribution in [0.1, 0.15) is 13.8 Å². The first-order valence-corrected chi connectivity index (χ1v) is 4.04. The van der Waals surface area contributed by atoms with E-state index in [-0.39, 0.29) is 18.0 Å². The first-order valence-electron chi connectivity index (χ1n) is 4.04. The van der Waals surface area contributed by atoms with Crippen LogP contribution in [0.5, 0.6) is 0 Å². The summed E-state index contributed by atoms with van der Waals surface area (Å²) in [6, 6.07) is 0. The summed E-state index contributed by atoms with van der Waals surface area (Å²) >= 11 is 0. The fraction of sp³-hybridized carbons (Fsp3) is 0.875. The van der Waals surface area contributed by atoms with Gasteiger partial charge in [-0.2, -0.15) is 0 Å². The molecule has 0 radical (unpaired) electrons. The molecular weight excluding hydrogens is 158 g/mol. The van der Waals surface area contributed by atoms with Gasteiger partial charge < -0.3 is 15.2 Å². The van der Waals surface area contributed by atoms with Gasteiger partial charge in [0.2, 0.25) is 0 Å². The first-order chi connectivity index (χ1) is 5.57. The maximum Gasteiger partial charge on any atom is 0.309 e. The quantitative estimate of drug-likeness (QED) is 0.566. The Bertz CT molecular complexity index is 136.